The molecule has 0 aliphatic rings. The second-order valence-corrected chi connectivity index (χ2v) is 3.33. The first-order valence-corrected chi connectivity index (χ1v) is 4.20. The first kappa shape index (κ1) is 9.80. The third-order valence-electron chi connectivity index (χ3n) is 0.912. The van der Waals surface area contributed by atoms with Crippen LogP contribution in [0.25, 0.3) is 0 Å². The lowest BCUT2D eigenvalue weighted by Gasteiger charge is -2.01. The number of hydrogen-bond acceptors (Lipinski definition) is 3. The molecule has 0 aliphatic heterocycles. The Morgan fingerprint density at radius 2 is 2.00 bits per heavy atom. The van der Waals surface area contributed by atoms with Crippen molar-refractivity contribution in [3.8, 4) is 0 Å². The van der Waals surface area contributed by atoms with Crippen LogP contribution in [0.15, 0.2) is 0 Å². The summed E-state index contributed by atoms with van der Waals surface area (Å²) in [7, 11) is -4.55. The average molecular weight is 172 g/mol. The number of aliphatic hydroxyl groups excluding tert-OH is 1. The minimum absolute atomic E-state index is 0.0287. The van der Waals surface area contributed by atoms with Gasteiger partial charge in [-0.3, -0.25) is 4.55 Å². The van der Waals surface area contributed by atoms with Gasteiger partial charge in [0.1, 0.15) is 0 Å². The van der Waals surface area contributed by atoms with Crippen LogP contribution in [0.5, 0.6) is 0 Å². The molecule has 0 spiro atoms. The highest BCUT2D eigenvalue weighted by Gasteiger charge is 2.20. The number of aliphatic hydroxyl groups is 1. The van der Waals surface area contributed by atoms with Crippen LogP contribution in [-0.4, -0.2) is 30.2 Å². The molecule has 62 valence electrons. The molecule has 0 aromatic rings. The number of rotatable bonds is 4. The minimum Gasteiger partial charge on any atom is -0.396 e. The van der Waals surface area contributed by atoms with Crippen molar-refractivity contribution in [1.29, 1.82) is 0 Å². The molecule has 0 aromatic carbocycles. The van der Waals surface area contributed by atoms with E-state index in [0.717, 1.165) is 0 Å². The molecular weight excluding hydrogens is 163 g/mol. The zero-order valence-electron chi connectivity index (χ0n) is 5.20. The van der Waals surface area contributed by atoms with Crippen LogP contribution >= 0.6 is 0 Å². The lowest BCUT2D eigenvalue weighted by atomic mass is 10.3. The summed E-state index contributed by atoms with van der Waals surface area (Å²) in [6.07, 6.45) is -0.337. The molecule has 0 heterocycles. The maximum Gasteiger partial charge on any atom is 0.297 e. The molecule has 0 amide bonds. The first-order valence-electron chi connectivity index (χ1n) is 2.69. The summed E-state index contributed by atoms with van der Waals surface area (Å²) < 4.78 is 40.0. The summed E-state index contributed by atoms with van der Waals surface area (Å²) in [6, 6.07) is 0. The fourth-order valence-corrected chi connectivity index (χ4v) is 0.865. The molecule has 1 atom stereocenters. The van der Waals surface area contributed by atoms with Crippen molar-refractivity contribution in [2.24, 2.45) is 0 Å². The Bertz CT molecular complexity index is 176. The van der Waals surface area contributed by atoms with Gasteiger partial charge in [0.05, 0.1) is 0 Å². The van der Waals surface area contributed by atoms with E-state index in [-0.39, 0.29) is 19.4 Å². The molecular formula is C4H9FO4S. The highest BCUT2D eigenvalue weighted by molar-refractivity contribution is 7.86. The summed E-state index contributed by atoms with van der Waals surface area (Å²) >= 11 is 0. The van der Waals surface area contributed by atoms with Crippen LogP contribution in [0.1, 0.15) is 12.8 Å². The third kappa shape index (κ3) is 3.76. The van der Waals surface area contributed by atoms with Gasteiger partial charge in [-0.05, 0) is 12.8 Å². The van der Waals surface area contributed by atoms with E-state index < -0.39 is 15.6 Å². The molecule has 0 saturated heterocycles. The van der Waals surface area contributed by atoms with Crippen molar-refractivity contribution in [2.75, 3.05) is 6.61 Å². The fraction of sp³-hybridized carbons (Fsp3) is 1.00. The van der Waals surface area contributed by atoms with Crippen molar-refractivity contribution in [3.63, 3.8) is 0 Å². The minimum atomic E-state index is -4.55. The van der Waals surface area contributed by atoms with E-state index in [9.17, 15) is 12.8 Å². The number of alkyl halides is 1. The van der Waals surface area contributed by atoms with Crippen LogP contribution < -0.4 is 0 Å². The molecule has 4 nitrogen and oxygen atoms in total. The van der Waals surface area contributed by atoms with E-state index in [0.29, 0.717) is 0 Å². The summed E-state index contributed by atoms with van der Waals surface area (Å²) in [5.74, 6) is 0. The van der Waals surface area contributed by atoms with Gasteiger partial charge in [0.25, 0.3) is 10.1 Å². The number of hydrogen-bond donors (Lipinski definition) is 2. The van der Waals surface area contributed by atoms with Gasteiger partial charge in [-0.15, -0.1) is 0 Å². The largest absolute Gasteiger partial charge is 0.396 e. The van der Waals surface area contributed by atoms with Gasteiger partial charge in [-0.1, -0.05) is 0 Å². The summed E-state index contributed by atoms with van der Waals surface area (Å²) in [6.45, 7) is -0.282. The van der Waals surface area contributed by atoms with Crippen LogP contribution in [-0.2, 0) is 10.1 Å². The van der Waals surface area contributed by atoms with E-state index in [2.05, 4.69) is 0 Å². The molecule has 0 fully saturated rings. The molecule has 2 N–H and O–H groups in total. The zero-order chi connectivity index (χ0) is 8.20. The van der Waals surface area contributed by atoms with E-state index in [4.69, 9.17) is 9.66 Å². The van der Waals surface area contributed by atoms with Crippen LogP contribution in [0.2, 0.25) is 0 Å². The summed E-state index contributed by atoms with van der Waals surface area (Å²) in [5, 5.41) is 8.14. The van der Waals surface area contributed by atoms with E-state index >= 15 is 0 Å². The Morgan fingerprint density at radius 3 is 2.30 bits per heavy atom. The smallest absolute Gasteiger partial charge is 0.297 e. The number of halogens is 1. The monoisotopic (exact) mass is 172 g/mol. The standard InChI is InChI=1S/C4H9FO4S/c5-4(2-1-3-6)10(7,8)9/h4,6H,1-3H2,(H,7,8,9). The topological polar surface area (TPSA) is 74.6 Å². The predicted molar refractivity (Wildman–Crippen MR) is 32.8 cm³/mol. The van der Waals surface area contributed by atoms with Crippen molar-refractivity contribution in [1.82, 2.24) is 0 Å². The highest BCUT2D eigenvalue weighted by atomic mass is 32.2. The quantitative estimate of drug-likeness (QED) is 0.583. The second kappa shape index (κ2) is 3.85. The molecule has 0 aliphatic carbocycles. The van der Waals surface area contributed by atoms with Crippen LogP contribution in [0.4, 0.5) is 4.39 Å². The molecule has 0 aromatic heterocycles. The molecule has 0 bridgehead atoms. The Balaban J connectivity index is 3.75. The van der Waals surface area contributed by atoms with Gasteiger partial charge in [-0.25, -0.2) is 4.39 Å². The van der Waals surface area contributed by atoms with Crippen molar-refractivity contribution in [2.45, 2.75) is 18.3 Å². The predicted octanol–water partition coefficient (Wildman–Crippen LogP) is -0.0577. The van der Waals surface area contributed by atoms with Gasteiger partial charge in [0.15, 0.2) is 0 Å². The van der Waals surface area contributed by atoms with Crippen molar-refractivity contribution >= 4 is 10.1 Å². The first-order chi connectivity index (χ1) is 4.48. The van der Waals surface area contributed by atoms with Crippen LogP contribution in [0, 0.1) is 0 Å². The Morgan fingerprint density at radius 1 is 1.50 bits per heavy atom. The van der Waals surface area contributed by atoms with E-state index in [1.165, 1.54) is 0 Å². The van der Waals surface area contributed by atoms with Gasteiger partial charge < -0.3 is 5.11 Å². The molecule has 0 rings (SSSR count). The molecule has 1 unspecified atom stereocenters. The Kier molecular flexibility index (Phi) is 3.77. The average Bonchev–Trinajstić information content (AvgIpc) is 1.80. The van der Waals surface area contributed by atoms with Gasteiger partial charge in [0.2, 0.25) is 5.50 Å². The Labute approximate surface area is 58.4 Å². The SMILES string of the molecule is O=S(=O)(O)C(F)CCCO. The van der Waals surface area contributed by atoms with Gasteiger partial charge in [0, 0.05) is 6.61 Å². The lowest BCUT2D eigenvalue weighted by molar-refractivity contribution is 0.265. The maximum atomic E-state index is 12.1. The fourth-order valence-electron chi connectivity index (χ4n) is 0.401. The Hall–Kier alpha value is -0.200. The van der Waals surface area contributed by atoms with Crippen molar-refractivity contribution in [3.05, 3.63) is 0 Å². The maximum absolute atomic E-state index is 12.1. The van der Waals surface area contributed by atoms with E-state index in [1.807, 2.05) is 0 Å². The highest BCUT2D eigenvalue weighted by Crippen LogP contribution is 2.07. The normalized spacial score (nSPS) is 15.1. The van der Waals surface area contributed by atoms with Crippen molar-refractivity contribution < 1.29 is 22.5 Å². The molecule has 0 radical (unpaired) electrons. The van der Waals surface area contributed by atoms with Gasteiger partial charge >= 0.3 is 0 Å². The summed E-state index contributed by atoms with van der Waals surface area (Å²) in [5.41, 5.74) is -2.26. The lowest BCUT2D eigenvalue weighted by Crippen LogP contribution is -2.15. The van der Waals surface area contributed by atoms with E-state index in [1.54, 1.807) is 0 Å². The third-order valence-corrected chi connectivity index (χ3v) is 1.79. The zero-order valence-corrected chi connectivity index (χ0v) is 6.01. The van der Waals surface area contributed by atoms with Gasteiger partial charge in [-0.2, -0.15) is 8.42 Å². The summed E-state index contributed by atoms with van der Waals surface area (Å²) in [4.78, 5) is 0. The molecule has 10 heavy (non-hydrogen) atoms. The molecule has 6 heteroatoms. The molecule has 0 saturated carbocycles. The second-order valence-electron chi connectivity index (χ2n) is 1.79. The van der Waals surface area contributed by atoms with Crippen LogP contribution in [0.3, 0.4) is 0 Å².